The molecule has 0 saturated carbocycles. The van der Waals surface area contributed by atoms with Gasteiger partial charge >= 0.3 is 11.9 Å². The fourth-order valence-electron chi connectivity index (χ4n) is 2.65. The van der Waals surface area contributed by atoms with Gasteiger partial charge in [0.1, 0.15) is 0 Å². The number of nitrogens with one attached hydrogen (secondary N) is 1. The van der Waals surface area contributed by atoms with Gasteiger partial charge in [0.2, 0.25) is 0 Å². The number of fused-ring (bicyclic) bond motifs is 1. The van der Waals surface area contributed by atoms with Gasteiger partial charge in [0, 0.05) is 5.69 Å². The van der Waals surface area contributed by atoms with Crippen LogP contribution in [0.1, 0.15) is 27.6 Å². The second-order valence-corrected chi connectivity index (χ2v) is 6.17. The Labute approximate surface area is 162 Å². The predicted molar refractivity (Wildman–Crippen MR) is 105 cm³/mol. The van der Waals surface area contributed by atoms with Crippen molar-refractivity contribution in [2.75, 3.05) is 12.4 Å². The Balaban J connectivity index is 1.62. The Hall–Kier alpha value is -3.67. The quantitative estimate of drug-likeness (QED) is 0.684. The molecular weight excluding hydrogens is 358 g/mol. The SMILES string of the molecule is COC(=O)c1ccc(C(=O)OC(C)C(=O)Nc2ccc3ccccc3c2)cc1. The van der Waals surface area contributed by atoms with Crippen molar-refractivity contribution in [1.82, 2.24) is 0 Å². The van der Waals surface area contributed by atoms with Crippen molar-refractivity contribution in [2.24, 2.45) is 0 Å². The second-order valence-electron chi connectivity index (χ2n) is 6.17. The van der Waals surface area contributed by atoms with E-state index >= 15 is 0 Å². The molecule has 1 atom stereocenters. The normalized spacial score (nSPS) is 11.5. The number of benzene rings is 3. The summed E-state index contributed by atoms with van der Waals surface area (Å²) in [6.45, 7) is 1.50. The van der Waals surface area contributed by atoms with Gasteiger partial charge in [0.15, 0.2) is 6.10 Å². The average molecular weight is 377 g/mol. The van der Waals surface area contributed by atoms with Gasteiger partial charge in [-0.05, 0) is 54.1 Å². The lowest BCUT2D eigenvalue weighted by Gasteiger charge is -2.14. The smallest absolute Gasteiger partial charge is 0.338 e. The molecular formula is C22H19NO5. The first-order valence-electron chi connectivity index (χ1n) is 8.67. The van der Waals surface area contributed by atoms with Crippen molar-refractivity contribution >= 4 is 34.3 Å². The number of amides is 1. The van der Waals surface area contributed by atoms with Crippen LogP contribution in [0.2, 0.25) is 0 Å². The first-order valence-corrected chi connectivity index (χ1v) is 8.67. The molecule has 6 heteroatoms. The molecule has 0 spiro atoms. The molecule has 0 bridgehead atoms. The number of carbonyl (C=O) groups is 3. The molecule has 142 valence electrons. The fraction of sp³-hybridized carbons (Fsp3) is 0.136. The summed E-state index contributed by atoms with van der Waals surface area (Å²) in [5, 5.41) is 4.81. The minimum atomic E-state index is -0.987. The van der Waals surface area contributed by atoms with Crippen LogP contribution in [0.25, 0.3) is 10.8 Å². The molecule has 28 heavy (non-hydrogen) atoms. The van der Waals surface area contributed by atoms with Crippen LogP contribution in [0.15, 0.2) is 66.7 Å². The number of rotatable bonds is 5. The number of ether oxygens (including phenoxy) is 2. The molecule has 0 fully saturated rings. The van der Waals surface area contributed by atoms with Gasteiger partial charge in [0.05, 0.1) is 18.2 Å². The Morgan fingerprint density at radius 2 is 1.43 bits per heavy atom. The summed E-state index contributed by atoms with van der Waals surface area (Å²) in [5.41, 5.74) is 1.17. The third kappa shape index (κ3) is 4.35. The predicted octanol–water partition coefficient (Wildman–Crippen LogP) is 3.81. The van der Waals surface area contributed by atoms with Gasteiger partial charge < -0.3 is 14.8 Å². The highest BCUT2D eigenvalue weighted by Gasteiger charge is 2.19. The molecule has 1 N–H and O–H groups in total. The summed E-state index contributed by atoms with van der Waals surface area (Å²) in [6.07, 6.45) is -0.987. The van der Waals surface area contributed by atoms with Crippen LogP contribution in [-0.4, -0.2) is 31.1 Å². The maximum absolute atomic E-state index is 12.3. The molecule has 0 aromatic heterocycles. The van der Waals surface area contributed by atoms with Crippen molar-refractivity contribution in [1.29, 1.82) is 0 Å². The van der Waals surface area contributed by atoms with Gasteiger partial charge in [-0.2, -0.15) is 0 Å². The maximum Gasteiger partial charge on any atom is 0.338 e. The molecule has 0 aliphatic heterocycles. The molecule has 1 amide bonds. The monoisotopic (exact) mass is 377 g/mol. The number of esters is 2. The van der Waals surface area contributed by atoms with Crippen LogP contribution in [0.5, 0.6) is 0 Å². The molecule has 0 radical (unpaired) electrons. The third-order valence-electron chi connectivity index (χ3n) is 4.21. The summed E-state index contributed by atoms with van der Waals surface area (Å²) < 4.78 is 9.83. The van der Waals surface area contributed by atoms with Gasteiger partial charge in [-0.3, -0.25) is 4.79 Å². The van der Waals surface area contributed by atoms with Crippen molar-refractivity contribution < 1.29 is 23.9 Å². The highest BCUT2D eigenvalue weighted by atomic mass is 16.5. The van der Waals surface area contributed by atoms with E-state index in [-0.39, 0.29) is 5.56 Å². The Morgan fingerprint density at radius 3 is 2.07 bits per heavy atom. The zero-order chi connectivity index (χ0) is 20.1. The number of hydrogen-bond acceptors (Lipinski definition) is 5. The lowest BCUT2D eigenvalue weighted by atomic mass is 10.1. The Kier molecular flexibility index (Phi) is 5.69. The van der Waals surface area contributed by atoms with E-state index in [0.29, 0.717) is 11.3 Å². The van der Waals surface area contributed by atoms with E-state index in [0.717, 1.165) is 10.8 Å². The molecule has 0 heterocycles. The molecule has 3 rings (SSSR count). The van der Waals surface area contributed by atoms with E-state index in [1.54, 1.807) is 6.07 Å². The van der Waals surface area contributed by atoms with Crippen molar-refractivity contribution in [2.45, 2.75) is 13.0 Å². The van der Waals surface area contributed by atoms with Crippen LogP contribution in [0.4, 0.5) is 5.69 Å². The molecule has 6 nitrogen and oxygen atoms in total. The molecule has 1 unspecified atom stereocenters. The topological polar surface area (TPSA) is 81.7 Å². The molecule has 0 saturated heterocycles. The van der Waals surface area contributed by atoms with E-state index in [1.807, 2.05) is 36.4 Å². The van der Waals surface area contributed by atoms with Crippen LogP contribution in [-0.2, 0) is 14.3 Å². The van der Waals surface area contributed by atoms with Gasteiger partial charge in [-0.1, -0.05) is 30.3 Å². The summed E-state index contributed by atoms with van der Waals surface area (Å²) in [5.74, 6) is -1.59. The maximum atomic E-state index is 12.3. The lowest BCUT2D eigenvalue weighted by molar-refractivity contribution is -0.123. The lowest BCUT2D eigenvalue weighted by Crippen LogP contribution is -2.30. The first kappa shape index (κ1) is 19.1. The van der Waals surface area contributed by atoms with Crippen molar-refractivity contribution in [3.05, 3.63) is 77.9 Å². The molecule has 0 aliphatic carbocycles. The van der Waals surface area contributed by atoms with E-state index in [9.17, 15) is 14.4 Å². The Bertz CT molecular complexity index is 1030. The third-order valence-corrected chi connectivity index (χ3v) is 4.21. The largest absolute Gasteiger partial charge is 0.465 e. The van der Waals surface area contributed by atoms with E-state index < -0.39 is 23.9 Å². The second kappa shape index (κ2) is 8.35. The number of anilines is 1. The average Bonchev–Trinajstić information content (AvgIpc) is 2.73. The summed E-state index contributed by atoms with van der Waals surface area (Å²) in [6, 6.07) is 19.2. The van der Waals surface area contributed by atoms with Crippen LogP contribution in [0.3, 0.4) is 0 Å². The Morgan fingerprint density at radius 1 is 0.821 bits per heavy atom. The van der Waals surface area contributed by atoms with Crippen LogP contribution >= 0.6 is 0 Å². The van der Waals surface area contributed by atoms with E-state index in [4.69, 9.17) is 4.74 Å². The highest BCUT2D eigenvalue weighted by Crippen LogP contribution is 2.19. The number of carbonyl (C=O) groups excluding carboxylic acids is 3. The standard InChI is InChI=1S/C22H19NO5/c1-14(28-22(26)17-9-7-16(8-10-17)21(25)27-2)20(24)23-19-12-11-15-5-3-4-6-18(15)13-19/h3-14H,1-2H3,(H,23,24). The molecule has 0 aliphatic rings. The summed E-state index contributed by atoms with van der Waals surface area (Å²) >= 11 is 0. The van der Waals surface area contributed by atoms with Crippen molar-refractivity contribution in [3.63, 3.8) is 0 Å². The van der Waals surface area contributed by atoms with E-state index in [2.05, 4.69) is 10.1 Å². The molecule has 3 aromatic rings. The van der Waals surface area contributed by atoms with Gasteiger partial charge in [-0.25, -0.2) is 9.59 Å². The number of methoxy groups -OCH3 is 1. The highest BCUT2D eigenvalue weighted by molar-refractivity contribution is 5.99. The first-order chi connectivity index (χ1) is 13.5. The summed E-state index contributed by atoms with van der Waals surface area (Å²) in [7, 11) is 1.28. The van der Waals surface area contributed by atoms with Crippen molar-refractivity contribution in [3.8, 4) is 0 Å². The zero-order valence-corrected chi connectivity index (χ0v) is 15.5. The minimum Gasteiger partial charge on any atom is -0.465 e. The molecule has 3 aromatic carbocycles. The summed E-state index contributed by atoms with van der Waals surface area (Å²) in [4.78, 5) is 36.0. The zero-order valence-electron chi connectivity index (χ0n) is 15.5. The minimum absolute atomic E-state index is 0.234. The van der Waals surface area contributed by atoms with Gasteiger partial charge in [0.25, 0.3) is 5.91 Å². The van der Waals surface area contributed by atoms with Crippen LogP contribution in [0, 0.1) is 0 Å². The van der Waals surface area contributed by atoms with E-state index in [1.165, 1.54) is 38.3 Å². The van der Waals surface area contributed by atoms with Gasteiger partial charge in [-0.15, -0.1) is 0 Å². The van der Waals surface area contributed by atoms with Crippen LogP contribution < -0.4 is 5.32 Å². The fourth-order valence-corrected chi connectivity index (χ4v) is 2.65. The number of hydrogen-bond donors (Lipinski definition) is 1.